The van der Waals surface area contributed by atoms with Crippen LogP contribution in [-0.4, -0.2) is 35.7 Å². The lowest BCUT2D eigenvalue weighted by Gasteiger charge is -2.22. The Morgan fingerprint density at radius 1 is 1.22 bits per heavy atom. The molecule has 0 unspecified atom stereocenters. The third-order valence-electron chi connectivity index (χ3n) is 4.65. The van der Waals surface area contributed by atoms with Crippen molar-refractivity contribution < 1.29 is 13.2 Å². The first-order chi connectivity index (χ1) is 13.0. The summed E-state index contributed by atoms with van der Waals surface area (Å²) in [4.78, 5) is 14.5. The van der Waals surface area contributed by atoms with Crippen molar-refractivity contribution in [1.29, 1.82) is 0 Å². The maximum atomic E-state index is 12.7. The monoisotopic (exact) mass is 402 g/mol. The highest BCUT2D eigenvalue weighted by Crippen LogP contribution is 2.32. The van der Waals surface area contributed by atoms with Crippen LogP contribution in [0.3, 0.4) is 0 Å². The van der Waals surface area contributed by atoms with Crippen molar-refractivity contribution >= 4 is 44.4 Å². The van der Waals surface area contributed by atoms with Crippen LogP contribution < -0.4 is 9.62 Å². The van der Waals surface area contributed by atoms with Gasteiger partial charge in [-0.3, -0.25) is 4.79 Å². The third-order valence-corrected chi connectivity index (χ3v) is 6.68. The predicted octanol–water partition coefficient (Wildman–Crippen LogP) is 2.34. The van der Waals surface area contributed by atoms with E-state index in [0.717, 1.165) is 29.4 Å². The number of nitrogens with one attached hydrogen (secondary N) is 1. The molecule has 0 saturated carbocycles. The number of fused-ring (bicyclic) bond motifs is 2. The van der Waals surface area contributed by atoms with Crippen LogP contribution >= 0.6 is 11.7 Å². The van der Waals surface area contributed by atoms with Gasteiger partial charge in [-0.05, 0) is 37.1 Å². The van der Waals surface area contributed by atoms with Gasteiger partial charge in [0.15, 0.2) is 0 Å². The highest BCUT2D eigenvalue weighted by atomic mass is 32.2. The van der Waals surface area contributed by atoms with Gasteiger partial charge < -0.3 is 4.90 Å². The van der Waals surface area contributed by atoms with Gasteiger partial charge in [0.25, 0.3) is 0 Å². The highest BCUT2D eigenvalue weighted by Gasteiger charge is 2.30. The first kappa shape index (κ1) is 18.0. The van der Waals surface area contributed by atoms with E-state index in [1.54, 1.807) is 17.0 Å². The van der Waals surface area contributed by atoms with Gasteiger partial charge in [-0.1, -0.05) is 24.3 Å². The van der Waals surface area contributed by atoms with Crippen molar-refractivity contribution in [1.82, 2.24) is 13.5 Å². The molecule has 3 aromatic rings. The van der Waals surface area contributed by atoms with E-state index in [0.29, 0.717) is 11.0 Å². The molecule has 4 rings (SSSR count). The largest absolute Gasteiger partial charge is 0.309 e. The number of aromatic nitrogens is 2. The Labute approximate surface area is 161 Å². The molecule has 1 amide bonds. The van der Waals surface area contributed by atoms with Crippen molar-refractivity contribution in [3.8, 4) is 0 Å². The van der Waals surface area contributed by atoms with E-state index in [4.69, 9.17) is 0 Å². The summed E-state index contributed by atoms with van der Waals surface area (Å²) in [6, 6.07) is 12.7. The summed E-state index contributed by atoms with van der Waals surface area (Å²) in [5, 5.41) is 0. The zero-order valence-electron chi connectivity index (χ0n) is 14.6. The molecule has 1 aliphatic heterocycles. The second-order valence-electron chi connectivity index (χ2n) is 6.48. The standard InChI is InChI=1S/C18H18N4O3S2/c1-12-11-13-5-2-3-7-15(13)22(12)17(23)9-10-19-27(24,25)16-8-4-6-14-18(16)21-26-20-14/h2-8,12,19H,9-11H2,1H3/t12-/m1/s1. The molecule has 1 aromatic heterocycles. The summed E-state index contributed by atoms with van der Waals surface area (Å²) in [7, 11) is -3.77. The minimum Gasteiger partial charge on any atom is -0.309 e. The summed E-state index contributed by atoms with van der Waals surface area (Å²) < 4.78 is 35.9. The van der Waals surface area contributed by atoms with Gasteiger partial charge in [0.05, 0.1) is 11.7 Å². The predicted molar refractivity (Wildman–Crippen MR) is 104 cm³/mol. The normalized spacial score (nSPS) is 16.6. The number of hydrogen-bond donors (Lipinski definition) is 1. The lowest BCUT2D eigenvalue weighted by Crippen LogP contribution is -2.38. The van der Waals surface area contributed by atoms with Crippen LogP contribution in [0.4, 0.5) is 5.69 Å². The first-order valence-electron chi connectivity index (χ1n) is 8.58. The average Bonchev–Trinajstić information content (AvgIpc) is 3.24. The van der Waals surface area contributed by atoms with Crippen LogP contribution in [0.25, 0.3) is 11.0 Å². The van der Waals surface area contributed by atoms with Gasteiger partial charge in [0, 0.05) is 24.7 Å². The quantitative estimate of drug-likeness (QED) is 0.707. The van der Waals surface area contributed by atoms with Crippen molar-refractivity contribution in [2.45, 2.75) is 30.7 Å². The Morgan fingerprint density at radius 3 is 2.89 bits per heavy atom. The maximum absolute atomic E-state index is 12.7. The second kappa shape index (κ2) is 6.99. The minimum atomic E-state index is -3.77. The molecular formula is C18H18N4O3S2. The molecule has 0 saturated heterocycles. The number of amides is 1. The highest BCUT2D eigenvalue weighted by molar-refractivity contribution is 7.89. The first-order valence-corrected chi connectivity index (χ1v) is 10.8. The fraction of sp³-hybridized carbons (Fsp3) is 0.278. The Balaban J connectivity index is 1.45. The second-order valence-corrected chi connectivity index (χ2v) is 8.75. The van der Waals surface area contributed by atoms with Crippen LogP contribution in [0.15, 0.2) is 47.4 Å². The molecule has 0 fully saturated rings. The summed E-state index contributed by atoms with van der Waals surface area (Å²) in [5.41, 5.74) is 2.95. The van der Waals surface area contributed by atoms with E-state index in [-0.39, 0.29) is 29.8 Å². The Hall–Kier alpha value is -2.36. The van der Waals surface area contributed by atoms with E-state index in [9.17, 15) is 13.2 Å². The molecule has 0 spiro atoms. The molecule has 1 atom stereocenters. The smallest absolute Gasteiger partial charge is 0.242 e. The van der Waals surface area contributed by atoms with Crippen LogP contribution in [0.1, 0.15) is 18.9 Å². The molecule has 9 heteroatoms. The van der Waals surface area contributed by atoms with Crippen molar-refractivity contribution in [3.05, 3.63) is 48.0 Å². The van der Waals surface area contributed by atoms with E-state index in [1.165, 1.54) is 6.07 Å². The van der Waals surface area contributed by atoms with Gasteiger partial charge in [0.2, 0.25) is 15.9 Å². The fourth-order valence-electron chi connectivity index (χ4n) is 3.43. The summed E-state index contributed by atoms with van der Waals surface area (Å²) >= 11 is 0.969. The molecule has 7 nitrogen and oxygen atoms in total. The van der Waals surface area contributed by atoms with Gasteiger partial charge in [-0.25, -0.2) is 13.1 Å². The molecule has 140 valence electrons. The van der Waals surface area contributed by atoms with Gasteiger partial charge in [-0.15, -0.1) is 0 Å². The molecule has 2 aromatic carbocycles. The Bertz CT molecular complexity index is 1110. The zero-order chi connectivity index (χ0) is 19.0. The van der Waals surface area contributed by atoms with Crippen LogP contribution in [0, 0.1) is 0 Å². The molecular weight excluding hydrogens is 384 g/mol. The van der Waals surface area contributed by atoms with Crippen LogP contribution in [0.5, 0.6) is 0 Å². The summed E-state index contributed by atoms with van der Waals surface area (Å²) in [5.74, 6) is -0.0938. The lowest BCUT2D eigenvalue weighted by atomic mass is 10.1. The number of hydrogen-bond acceptors (Lipinski definition) is 6. The van der Waals surface area contributed by atoms with E-state index >= 15 is 0 Å². The number of benzene rings is 2. The molecule has 0 aliphatic carbocycles. The fourth-order valence-corrected chi connectivity index (χ4v) is 5.23. The number of carbonyl (C=O) groups excluding carboxylic acids is 1. The van der Waals surface area contributed by atoms with Gasteiger partial charge >= 0.3 is 0 Å². The third kappa shape index (κ3) is 3.33. The van der Waals surface area contributed by atoms with Crippen molar-refractivity contribution in [3.63, 3.8) is 0 Å². The Morgan fingerprint density at radius 2 is 2.04 bits per heavy atom. The van der Waals surface area contributed by atoms with E-state index < -0.39 is 10.0 Å². The molecule has 0 radical (unpaired) electrons. The minimum absolute atomic E-state index is 0.0283. The maximum Gasteiger partial charge on any atom is 0.242 e. The number of carbonyl (C=O) groups is 1. The van der Waals surface area contributed by atoms with Gasteiger partial charge in [0.1, 0.15) is 15.9 Å². The SMILES string of the molecule is C[C@@H]1Cc2ccccc2N1C(=O)CCNS(=O)(=O)c1cccc2nsnc12. The van der Waals surface area contributed by atoms with Gasteiger partial charge in [-0.2, -0.15) is 8.75 Å². The van der Waals surface area contributed by atoms with Crippen molar-refractivity contribution in [2.24, 2.45) is 0 Å². The lowest BCUT2D eigenvalue weighted by molar-refractivity contribution is -0.118. The molecule has 2 heterocycles. The van der Waals surface area contributed by atoms with E-state index in [2.05, 4.69) is 13.5 Å². The van der Waals surface area contributed by atoms with Crippen LogP contribution in [-0.2, 0) is 21.2 Å². The Kier molecular flexibility index (Phi) is 4.67. The number of rotatable bonds is 5. The summed E-state index contributed by atoms with van der Waals surface area (Å²) in [6.45, 7) is 2.03. The molecule has 0 bridgehead atoms. The summed E-state index contributed by atoms with van der Waals surface area (Å²) in [6.07, 6.45) is 0.898. The number of nitrogens with zero attached hydrogens (tertiary/aromatic N) is 3. The average molecular weight is 403 g/mol. The molecule has 1 N–H and O–H groups in total. The number of para-hydroxylation sites is 1. The van der Waals surface area contributed by atoms with Crippen LogP contribution in [0.2, 0.25) is 0 Å². The zero-order valence-corrected chi connectivity index (χ0v) is 16.3. The number of anilines is 1. The molecule has 1 aliphatic rings. The van der Waals surface area contributed by atoms with Crippen molar-refractivity contribution in [2.75, 3.05) is 11.4 Å². The topological polar surface area (TPSA) is 92.3 Å². The molecule has 27 heavy (non-hydrogen) atoms. The number of sulfonamides is 1. The van der Waals surface area contributed by atoms with E-state index in [1.807, 2.05) is 31.2 Å².